The highest BCUT2D eigenvalue weighted by Gasteiger charge is 2.13. The standard InChI is InChI=1S/C16H16N2O4S/c1-22-16(21)13-8-7-12(23-13)15(20)18-10-9-17-14(19)11-5-3-2-4-6-11/h2-8H,9-10H2,1H3,(H,17,19)(H,18,20). The van der Waals surface area contributed by atoms with E-state index in [1.165, 1.54) is 7.11 Å². The number of carbonyl (C=O) groups excluding carboxylic acids is 3. The fourth-order valence-electron chi connectivity index (χ4n) is 1.80. The molecule has 6 nitrogen and oxygen atoms in total. The van der Waals surface area contributed by atoms with Crippen LogP contribution in [0.15, 0.2) is 42.5 Å². The Kier molecular flexibility index (Phi) is 5.87. The van der Waals surface area contributed by atoms with Crippen LogP contribution in [0.2, 0.25) is 0 Å². The van der Waals surface area contributed by atoms with E-state index < -0.39 is 5.97 Å². The number of methoxy groups -OCH3 is 1. The Morgan fingerprint density at radius 1 is 0.913 bits per heavy atom. The minimum atomic E-state index is -0.468. The first-order valence-electron chi connectivity index (χ1n) is 6.91. The van der Waals surface area contributed by atoms with Gasteiger partial charge in [0.05, 0.1) is 12.0 Å². The second-order valence-electron chi connectivity index (χ2n) is 4.53. The Labute approximate surface area is 137 Å². The van der Waals surface area contributed by atoms with E-state index in [1.54, 1.807) is 36.4 Å². The van der Waals surface area contributed by atoms with Crippen LogP contribution in [-0.2, 0) is 4.74 Å². The van der Waals surface area contributed by atoms with Crippen molar-refractivity contribution >= 4 is 29.1 Å². The molecule has 2 amide bonds. The van der Waals surface area contributed by atoms with Crippen LogP contribution in [0.3, 0.4) is 0 Å². The van der Waals surface area contributed by atoms with E-state index >= 15 is 0 Å². The van der Waals surface area contributed by atoms with Crippen molar-refractivity contribution in [1.82, 2.24) is 10.6 Å². The molecule has 120 valence electrons. The molecule has 2 rings (SSSR count). The van der Waals surface area contributed by atoms with Gasteiger partial charge >= 0.3 is 5.97 Å². The SMILES string of the molecule is COC(=O)c1ccc(C(=O)NCCNC(=O)c2ccccc2)s1. The number of nitrogens with one attached hydrogen (secondary N) is 2. The molecule has 0 aliphatic carbocycles. The van der Waals surface area contributed by atoms with Crippen molar-refractivity contribution in [2.24, 2.45) is 0 Å². The number of hydrogen-bond acceptors (Lipinski definition) is 5. The van der Waals surface area contributed by atoms with Crippen molar-refractivity contribution in [2.75, 3.05) is 20.2 Å². The maximum atomic E-state index is 11.9. The largest absolute Gasteiger partial charge is 0.465 e. The van der Waals surface area contributed by atoms with Crippen molar-refractivity contribution in [3.8, 4) is 0 Å². The molecule has 0 atom stereocenters. The number of amides is 2. The molecule has 0 aliphatic heterocycles. The summed E-state index contributed by atoms with van der Waals surface area (Å²) < 4.78 is 4.59. The molecule has 2 aromatic rings. The zero-order valence-electron chi connectivity index (χ0n) is 12.5. The molecule has 0 fully saturated rings. The van der Waals surface area contributed by atoms with Crippen LogP contribution in [0, 0.1) is 0 Å². The fourth-order valence-corrected chi connectivity index (χ4v) is 2.64. The van der Waals surface area contributed by atoms with Gasteiger partial charge in [0.1, 0.15) is 4.88 Å². The van der Waals surface area contributed by atoms with Crippen LogP contribution in [0.25, 0.3) is 0 Å². The zero-order valence-corrected chi connectivity index (χ0v) is 13.3. The van der Waals surface area contributed by atoms with E-state index in [-0.39, 0.29) is 11.8 Å². The summed E-state index contributed by atoms with van der Waals surface area (Å²) in [5.41, 5.74) is 0.569. The Morgan fingerprint density at radius 3 is 2.17 bits per heavy atom. The summed E-state index contributed by atoms with van der Waals surface area (Å²) in [6.07, 6.45) is 0. The normalized spacial score (nSPS) is 9.96. The summed E-state index contributed by atoms with van der Waals surface area (Å²) >= 11 is 1.06. The topological polar surface area (TPSA) is 84.5 Å². The minimum Gasteiger partial charge on any atom is -0.465 e. The molecule has 0 aliphatic rings. The van der Waals surface area contributed by atoms with Crippen LogP contribution >= 0.6 is 11.3 Å². The summed E-state index contributed by atoms with van der Waals surface area (Å²) in [4.78, 5) is 35.8. The summed E-state index contributed by atoms with van der Waals surface area (Å²) in [5, 5.41) is 5.39. The molecule has 1 aromatic heterocycles. The third-order valence-corrected chi connectivity index (χ3v) is 4.01. The Bertz CT molecular complexity index is 697. The minimum absolute atomic E-state index is 0.191. The number of esters is 1. The Balaban J connectivity index is 1.76. The van der Waals surface area contributed by atoms with Crippen LogP contribution < -0.4 is 10.6 Å². The Hall–Kier alpha value is -2.67. The van der Waals surface area contributed by atoms with Gasteiger partial charge in [-0.3, -0.25) is 9.59 Å². The summed E-state index contributed by atoms with van der Waals surface area (Å²) in [7, 11) is 1.29. The summed E-state index contributed by atoms with van der Waals surface area (Å²) in [6.45, 7) is 0.609. The third-order valence-electron chi connectivity index (χ3n) is 2.95. The molecule has 0 radical (unpaired) electrons. The average Bonchev–Trinajstić information content (AvgIpc) is 3.08. The first kappa shape index (κ1) is 16.7. The number of carbonyl (C=O) groups is 3. The van der Waals surface area contributed by atoms with Crippen molar-refractivity contribution in [3.63, 3.8) is 0 Å². The predicted octanol–water partition coefficient (Wildman–Crippen LogP) is 1.69. The van der Waals surface area contributed by atoms with Crippen molar-refractivity contribution in [3.05, 3.63) is 57.8 Å². The van der Waals surface area contributed by atoms with E-state index in [2.05, 4.69) is 15.4 Å². The smallest absolute Gasteiger partial charge is 0.348 e. The lowest BCUT2D eigenvalue weighted by atomic mass is 10.2. The molecule has 0 unspecified atom stereocenters. The molecule has 1 heterocycles. The van der Waals surface area contributed by atoms with Crippen LogP contribution in [0.5, 0.6) is 0 Å². The lowest BCUT2D eigenvalue weighted by Crippen LogP contribution is -2.34. The van der Waals surface area contributed by atoms with Gasteiger partial charge in [-0.25, -0.2) is 4.79 Å². The number of benzene rings is 1. The highest BCUT2D eigenvalue weighted by Crippen LogP contribution is 2.17. The molecule has 0 saturated carbocycles. The van der Waals surface area contributed by atoms with Crippen molar-refractivity contribution in [1.29, 1.82) is 0 Å². The molecule has 0 bridgehead atoms. The van der Waals surface area contributed by atoms with E-state index in [1.807, 2.05) is 6.07 Å². The van der Waals surface area contributed by atoms with Crippen LogP contribution in [0.1, 0.15) is 29.7 Å². The molecule has 0 saturated heterocycles. The van der Waals surface area contributed by atoms with Gasteiger partial charge in [0.25, 0.3) is 11.8 Å². The predicted molar refractivity (Wildman–Crippen MR) is 86.8 cm³/mol. The summed E-state index contributed by atoms with van der Waals surface area (Å²) in [5.74, 6) is -0.952. The molecule has 7 heteroatoms. The van der Waals surface area contributed by atoms with Gasteiger partial charge in [-0.15, -0.1) is 11.3 Å². The monoisotopic (exact) mass is 332 g/mol. The fraction of sp³-hybridized carbons (Fsp3) is 0.188. The molecule has 2 N–H and O–H groups in total. The van der Waals surface area contributed by atoms with Crippen molar-refractivity contribution < 1.29 is 19.1 Å². The lowest BCUT2D eigenvalue weighted by Gasteiger charge is -2.06. The highest BCUT2D eigenvalue weighted by atomic mass is 32.1. The van der Waals surface area contributed by atoms with Gasteiger partial charge in [-0.1, -0.05) is 18.2 Å². The zero-order chi connectivity index (χ0) is 16.7. The van der Waals surface area contributed by atoms with Crippen LogP contribution in [-0.4, -0.2) is 38.0 Å². The van der Waals surface area contributed by atoms with Crippen molar-refractivity contribution in [2.45, 2.75) is 0 Å². The second kappa shape index (κ2) is 8.09. The van der Waals surface area contributed by atoms with E-state index in [9.17, 15) is 14.4 Å². The molecule has 23 heavy (non-hydrogen) atoms. The number of thiophene rings is 1. The van der Waals surface area contributed by atoms with Gasteiger partial charge in [-0.05, 0) is 24.3 Å². The third kappa shape index (κ3) is 4.65. The first-order chi connectivity index (χ1) is 11.1. The van der Waals surface area contributed by atoms with Gasteiger partial charge in [0.15, 0.2) is 0 Å². The van der Waals surface area contributed by atoms with Crippen LogP contribution in [0.4, 0.5) is 0 Å². The molecular formula is C16H16N2O4S. The first-order valence-corrected chi connectivity index (χ1v) is 7.73. The molecule has 1 aromatic carbocycles. The molecule has 0 spiro atoms. The highest BCUT2D eigenvalue weighted by molar-refractivity contribution is 7.15. The van der Waals surface area contributed by atoms with Gasteiger partial charge in [0.2, 0.25) is 0 Å². The lowest BCUT2D eigenvalue weighted by molar-refractivity contribution is 0.0606. The Morgan fingerprint density at radius 2 is 1.52 bits per heavy atom. The number of ether oxygens (including phenoxy) is 1. The quantitative estimate of drug-likeness (QED) is 0.623. The van der Waals surface area contributed by atoms with Gasteiger partial charge < -0.3 is 15.4 Å². The summed E-state index contributed by atoms with van der Waals surface area (Å²) in [6, 6.07) is 11.9. The van der Waals surface area contributed by atoms with E-state index in [0.717, 1.165) is 11.3 Å². The van der Waals surface area contributed by atoms with Gasteiger partial charge in [-0.2, -0.15) is 0 Å². The number of rotatable bonds is 6. The second-order valence-corrected chi connectivity index (χ2v) is 5.62. The maximum absolute atomic E-state index is 11.9. The van der Waals surface area contributed by atoms with Gasteiger partial charge in [0, 0.05) is 18.7 Å². The van der Waals surface area contributed by atoms with E-state index in [4.69, 9.17) is 0 Å². The molecular weight excluding hydrogens is 316 g/mol. The van der Waals surface area contributed by atoms with E-state index in [0.29, 0.717) is 28.4 Å². The average molecular weight is 332 g/mol. The number of hydrogen-bond donors (Lipinski definition) is 2. The maximum Gasteiger partial charge on any atom is 0.348 e.